The van der Waals surface area contributed by atoms with Crippen molar-refractivity contribution in [2.75, 3.05) is 5.32 Å². The van der Waals surface area contributed by atoms with Gasteiger partial charge in [-0.2, -0.15) is 13.2 Å². The Morgan fingerprint density at radius 1 is 1.25 bits per heavy atom. The number of halogens is 4. The van der Waals surface area contributed by atoms with Crippen LogP contribution in [-0.2, 0) is 15.8 Å². The molecule has 0 saturated carbocycles. The van der Waals surface area contributed by atoms with Gasteiger partial charge in [0, 0.05) is 4.47 Å². The van der Waals surface area contributed by atoms with E-state index in [2.05, 4.69) is 15.9 Å². The summed E-state index contributed by atoms with van der Waals surface area (Å²) in [5.41, 5.74) is 1.86. The number of aliphatic carboxylic acids is 1. The Hall–Kier alpha value is -2.10. The fraction of sp³-hybridized carbons (Fsp3) is 0.100. The summed E-state index contributed by atoms with van der Waals surface area (Å²) in [4.78, 5) is 32.5. The summed E-state index contributed by atoms with van der Waals surface area (Å²) < 4.78 is 38.5. The molecule has 2 amide bonds. The first kappa shape index (κ1) is 16.0. The number of carbonyl (C=O) groups is 3. The van der Waals surface area contributed by atoms with Crippen LogP contribution in [0.5, 0.6) is 0 Å². The van der Waals surface area contributed by atoms with Gasteiger partial charge in [-0.15, -0.1) is 0 Å². The number of carboxylic acids is 1. The topological polar surface area (TPSA) is 109 Å². The number of nitrogens with two attached hydrogens (primary N) is 1. The molecule has 6 nitrogen and oxygen atoms in total. The monoisotopic (exact) mass is 354 g/mol. The van der Waals surface area contributed by atoms with Gasteiger partial charge in [-0.3, -0.25) is 9.59 Å². The van der Waals surface area contributed by atoms with Gasteiger partial charge in [0.1, 0.15) is 0 Å². The number of amides is 2. The molecule has 0 aromatic heterocycles. The van der Waals surface area contributed by atoms with Gasteiger partial charge in [0.15, 0.2) is 0 Å². The van der Waals surface area contributed by atoms with Gasteiger partial charge in [-0.25, -0.2) is 4.79 Å². The van der Waals surface area contributed by atoms with Crippen LogP contribution < -0.4 is 11.1 Å². The molecule has 0 radical (unpaired) electrons. The number of nitrogens with one attached hydrogen (secondary N) is 1. The Kier molecular flexibility index (Phi) is 4.38. The molecule has 0 aliphatic rings. The zero-order valence-electron chi connectivity index (χ0n) is 9.42. The van der Waals surface area contributed by atoms with Gasteiger partial charge in [0.25, 0.3) is 5.91 Å². The van der Waals surface area contributed by atoms with Gasteiger partial charge in [0.05, 0.1) is 16.8 Å². The number of carbonyl (C=O) groups excluding carboxylic acids is 2. The highest BCUT2D eigenvalue weighted by Crippen LogP contribution is 2.38. The lowest BCUT2D eigenvalue weighted by Crippen LogP contribution is -2.26. The number of hydrogen-bond donors (Lipinski definition) is 3. The molecule has 0 aliphatic carbocycles. The maximum atomic E-state index is 12.9. The van der Waals surface area contributed by atoms with Gasteiger partial charge < -0.3 is 16.2 Å². The maximum absolute atomic E-state index is 12.9. The number of primary amides is 1. The zero-order valence-corrected chi connectivity index (χ0v) is 11.0. The molecule has 4 N–H and O–H groups in total. The lowest BCUT2D eigenvalue weighted by Gasteiger charge is -2.16. The molecule has 1 aromatic rings. The molecule has 0 fully saturated rings. The first-order valence-corrected chi connectivity index (χ1v) is 5.58. The van der Waals surface area contributed by atoms with Crippen LogP contribution in [0, 0.1) is 0 Å². The minimum Gasteiger partial charge on any atom is -0.474 e. The molecule has 1 rings (SSSR count). The SMILES string of the molecule is NC(=O)c1cc(Br)cc(C(F)(F)F)c1NC(=O)C(=O)O. The van der Waals surface area contributed by atoms with E-state index in [0.717, 1.165) is 6.07 Å². The Morgan fingerprint density at radius 3 is 2.20 bits per heavy atom. The van der Waals surface area contributed by atoms with E-state index in [1.54, 1.807) is 0 Å². The van der Waals surface area contributed by atoms with Crippen molar-refractivity contribution in [2.45, 2.75) is 6.18 Å². The van der Waals surface area contributed by atoms with Gasteiger partial charge in [0.2, 0.25) is 0 Å². The van der Waals surface area contributed by atoms with Gasteiger partial charge in [-0.05, 0) is 12.1 Å². The van der Waals surface area contributed by atoms with E-state index in [9.17, 15) is 27.6 Å². The van der Waals surface area contributed by atoms with Crippen LogP contribution >= 0.6 is 15.9 Å². The number of anilines is 1. The lowest BCUT2D eigenvalue weighted by molar-refractivity contribution is -0.147. The van der Waals surface area contributed by atoms with Gasteiger partial charge >= 0.3 is 18.1 Å². The smallest absolute Gasteiger partial charge is 0.418 e. The number of benzene rings is 1. The highest BCUT2D eigenvalue weighted by molar-refractivity contribution is 9.10. The highest BCUT2D eigenvalue weighted by atomic mass is 79.9. The van der Waals surface area contributed by atoms with Crippen molar-refractivity contribution in [3.8, 4) is 0 Å². The second-order valence-electron chi connectivity index (χ2n) is 3.50. The molecule has 10 heteroatoms. The van der Waals surface area contributed by atoms with E-state index in [4.69, 9.17) is 10.8 Å². The van der Waals surface area contributed by atoms with Crippen LogP contribution in [0.3, 0.4) is 0 Å². The predicted molar refractivity (Wildman–Crippen MR) is 63.9 cm³/mol. The van der Waals surface area contributed by atoms with Crippen molar-refractivity contribution in [1.29, 1.82) is 0 Å². The standard InChI is InChI=1S/C10H6BrF3N2O4/c11-3-1-4(7(15)17)6(16-8(18)9(19)20)5(2-3)10(12,13)14/h1-2H,(H2,15,17)(H,16,18)(H,19,20). The van der Waals surface area contributed by atoms with Crippen LogP contribution in [0.1, 0.15) is 15.9 Å². The molecule has 0 aliphatic heterocycles. The van der Waals surface area contributed by atoms with E-state index in [-0.39, 0.29) is 4.47 Å². The summed E-state index contributed by atoms with van der Waals surface area (Å²) in [6.07, 6.45) is -4.92. The molecule has 0 bridgehead atoms. The lowest BCUT2D eigenvalue weighted by atomic mass is 10.1. The molecule has 0 saturated heterocycles. The van der Waals surface area contributed by atoms with Crippen molar-refractivity contribution >= 4 is 39.4 Å². The largest absolute Gasteiger partial charge is 0.474 e. The number of alkyl halides is 3. The summed E-state index contributed by atoms with van der Waals surface area (Å²) in [6, 6.07) is 1.53. The Labute approximate surface area is 117 Å². The summed E-state index contributed by atoms with van der Waals surface area (Å²) in [5, 5.41) is 9.92. The van der Waals surface area contributed by atoms with E-state index < -0.39 is 40.8 Å². The van der Waals surface area contributed by atoms with E-state index in [1.807, 2.05) is 0 Å². The number of hydrogen-bond acceptors (Lipinski definition) is 3. The van der Waals surface area contributed by atoms with Crippen molar-refractivity contribution < 1.29 is 32.7 Å². The van der Waals surface area contributed by atoms with Crippen molar-refractivity contribution in [3.05, 3.63) is 27.7 Å². The van der Waals surface area contributed by atoms with Gasteiger partial charge in [-0.1, -0.05) is 15.9 Å². The average Bonchev–Trinajstić information content (AvgIpc) is 2.28. The van der Waals surface area contributed by atoms with Crippen LogP contribution in [0.4, 0.5) is 18.9 Å². The first-order valence-electron chi connectivity index (χ1n) is 4.79. The van der Waals surface area contributed by atoms with Crippen LogP contribution in [0.2, 0.25) is 0 Å². The van der Waals surface area contributed by atoms with E-state index >= 15 is 0 Å². The highest BCUT2D eigenvalue weighted by Gasteiger charge is 2.36. The van der Waals surface area contributed by atoms with Crippen molar-refractivity contribution in [1.82, 2.24) is 0 Å². The van der Waals surface area contributed by atoms with Crippen molar-refractivity contribution in [3.63, 3.8) is 0 Å². The van der Waals surface area contributed by atoms with Crippen LogP contribution in [0.15, 0.2) is 16.6 Å². The Bertz CT molecular complexity index is 601. The quantitative estimate of drug-likeness (QED) is 0.700. The molecule has 1 aromatic carbocycles. The maximum Gasteiger partial charge on any atom is 0.418 e. The molecule has 0 heterocycles. The molecule has 0 unspecified atom stereocenters. The summed E-state index contributed by atoms with van der Waals surface area (Å²) in [7, 11) is 0. The fourth-order valence-corrected chi connectivity index (χ4v) is 1.78. The summed E-state index contributed by atoms with van der Waals surface area (Å²) >= 11 is 2.77. The Balaban J connectivity index is 3.54. The summed E-state index contributed by atoms with van der Waals surface area (Å²) in [5.74, 6) is -4.98. The summed E-state index contributed by atoms with van der Waals surface area (Å²) in [6.45, 7) is 0. The minimum atomic E-state index is -4.92. The number of rotatable bonds is 2. The second-order valence-corrected chi connectivity index (χ2v) is 4.41. The normalized spacial score (nSPS) is 11.0. The molecular weight excluding hydrogens is 349 g/mol. The predicted octanol–water partition coefficient (Wildman–Crippen LogP) is 1.59. The second kappa shape index (κ2) is 5.49. The number of carboxylic acid groups (broad SMARTS) is 1. The molecule has 0 spiro atoms. The van der Waals surface area contributed by atoms with Crippen molar-refractivity contribution in [2.24, 2.45) is 5.73 Å². The third-order valence-electron chi connectivity index (χ3n) is 2.11. The molecular formula is C10H6BrF3N2O4. The molecule has 20 heavy (non-hydrogen) atoms. The molecule has 108 valence electrons. The molecule has 0 atom stereocenters. The van der Waals surface area contributed by atoms with Crippen LogP contribution in [0.25, 0.3) is 0 Å². The zero-order chi connectivity index (χ0) is 15.7. The average molecular weight is 355 g/mol. The minimum absolute atomic E-state index is 0.105. The Morgan fingerprint density at radius 2 is 1.80 bits per heavy atom. The first-order chi connectivity index (χ1) is 9.04. The third-order valence-corrected chi connectivity index (χ3v) is 2.56. The fourth-order valence-electron chi connectivity index (χ4n) is 1.33. The van der Waals surface area contributed by atoms with E-state index in [1.165, 1.54) is 5.32 Å². The third kappa shape index (κ3) is 3.47. The van der Waals surface area contributed by atoms with E-state index in [0.29, 0.717) is 6.07 Å². The van der Waals surface area contributed by atoms with Crippen LogP contribution in [-0.4, -0.2) is 22.9 Å².